The summed E-state index contributed by atoms with van der Waals surface area (Å²) in [6.07, 6.45) is 9.89. The third kappa shape index (κ3) is 5.35. The van der Waals surface area contributed by atoms with Crippen LogP contribution in [0.15, 0.2) is 0 Å². The Morgan fingerprint density at radius 3 is 2.47 bits per heavy atom. The fourth-order valence-corrected chi connectivity index (χ4v) is 4.26. The van der Waals surface area contributed by atoms with Crippen LogP contribution >= 0.6 is 11.8 Å². The van der Waals surface area contributed by atoms with Gasteiger partial charge in [0.25, 0.3) is 0 Å². The maximum atomic E-state index is 12.0. The zero-order chi connectivity index (χ0) is 13.5. The van der Waals surface area contributed by atoms with Gasteiger partial charge in [-0.2, -0.15) is 11.8 Å². The maximum Gasteiger partial charge on any atom is 0.320 e. The van der Waals surface area contributed by atoms with E-state index in [9.17, 15) is 4.79 Å². The highest BCUT2D eigenvalue weighted by atomic mass is 32.2. The molecule has 1 saturated carbocycles. The molecule has 19 heavy (non-hydrogen) atoms. The van der Waals surface area contributed by atoms with Crippen molar-refractivity contribution in [3.8, 4) is 0 Å². The summed E-state index contributed by atoms with van der Waals surface area (Å²) in [6.45, 7) is 0.460. The lowest BCUT2D eigenvalue weighted by Gasteiger charge is -2.25. The van der Waals surface area contributed by atoms with Crippen LogP contribution in [0.5, 0.6) is 0 Å². The topological polar surface area (TPSA) is 29.5 Å². The minimum Gasteiger partial charge on any atom is -0.461 e. The van der Waals surface area contributed by atoms with Crippen molar-refractivity contribution in [1.82, 2.24) is 4.90 Å². The van der Waals surface area contributed by atoms with Gasteiger partial charge in [0.2, 0.25) is 0 Å². The number of nitrogens with zero attached hydrogens (tertiary/aromatic N) is 1. The van der Waals surface area contributed by atoms with Crippen molar-refractivity contribution in [3.63, 3.8) is 0 Å². The number of esters is 1. The molecule has 0 aromatic carbocycles. The van der Waals surface area contributed by atoms with Crippen LogP contribution in [-0.2, 0) is 9.53 Å². The fraction of sp³-hybridized carbons (Fsp3) is 0.933. The first-order chi connectivity index (χ1) is 9.25. The molecule has 1 aliphatic heterocycles. The molecule has 0 spiro atoms. The quantitative estimate of drug-likeness (QED) is 0.742. The van der Waals surface area contributed by atoms with E-state index >= 15 is 0 Å². The molecule has 0 amide bonds. The van der Waals surface area contributed by atoms with Crippen molar-refractivity contribution in [2.24, 2.45) is 0 Å². The molecule has 2 rings (SSSR count). The highest BCUT2D eigenvalue weighted by Gasteiger charge is 2.23. The largest absolute Gasteiger partial charge is 0.461 e. The van der Waals surface area contributed by atoms with E-state index in [-0.39, 0.29) is 12.1 Å². The predicted octanol–water partition coefficient (Wildman–Crippen LogP) is 3.08. The average molecular weight is 285 g/mol. The Labute approximate surface area is 121 Å². The molecule has 0 bridgehead atoms. The molecule has 4 heteroatoms. The first-order valence-electron chi connectivity index (χ1n) is 7.73. The molecule has 1 aliphatic carbocycles. The zero-order valence-electron chi connectivity index (χ0n) is 12.1. The van der Waals surface area contributed by atoms with Crippen LogP contribution in [0.1, 0.15) is 51.4 Å². The van der Waals surface area contributed by atoms with Gasteiger partial charge in [0.05, 0.1) is 6.54 Å². The summed E-state index contributed by atoms with van der Waals surface area (Å²) in [5, 5.41) is 0. The Kier molecular flexibility index (Phi) is 6.51. The Bertz CT molecular complexity index is 271. The van der Waals surface area contributed by atoms with Crippen molar-refractivity contribution in [2.75, 3.05) is 25.1 Å². The molecule has 0 aromatic heterocycles. The number of likely N-dealkylation sites (N-methyl/N-ethyl adjacent to an activating group) is 1. The zero-order valence-corrected chi connectivity index (χ0v) is 12.9. The molecule has 0 aromatic rings. The van der Waals surface area contributed by atoms with Crippen molar-refractivity contribution in [2.45, 2.75) is 63.5 Å². The van der Waals surface area contributed by atoms with E-state index in [0.717, 1.165) is 18.6 Å². The van der Waals surface area contributed by atoms with Crippen LogP contribution in [0.2, 0.25) is 0 Å². The van der Waals surface area contributed by atoms with Crippen molar-refractivity contribution in [3.05, 3.63) is 0 Å². The lowest BCUT2D eigenvalue weighted by molar-refractivity contribution is -0.151. The molecule has 1 saturated heterocycles. The van der Waals surface area contributed by atoms with Gasteiger partial charge in [0.15, 0.2) is 0 Å². The first kappa shape index (κ1) is 15.2. The highest BCUT2D eigenvalue weighted by Crippen LogP contribution is 2.22. The average Bonchev–Trinajstić information content (AvgIpc) is 2.86. The van der Waals surface area contributed by atoms with Gasteiger partial charge in [-0.25, -0.2) is 0 Å². The summed E-state index contributed by atoms with van der Waals surface area (Å²) in [6, 6.07) is 0.565. The van der Waals surface area contributed by atoms with E-state index in [0.29, 0.717) is 12.6 Å². The molecule has 2 aliphatic rings. The number of hydrogen-bond acceptors (Lipinski definition) is 4. The molecule has 110 valence electrons. The second kappa shape index (κ2) is 8.15. The minimum atomic E-state index is -0.0232. The molecule has 2 fully saturated rings. The van der Waals surface area contributed by atoms with E-state index in [4.69, 9.17) is 4.74 Å². The monoisotopic (exact) mass is 285 g/mol. The standard InChI is InChI=1S/C15H27NO2S/c1-16(13-9-10-19-12-13)11-15(17)18-14-7-5-3-2-4-6-8-14/h13-14H,2-12H2,1H3. The van der Waals surface area contributed by atoms with Crippen LogP contribution in [0.25, 0.3) is 0 Å². The van der Waals surface area contributed by atoms with E-state index in [1.807, 2.05) is 11.8 Å². The Balaban J connectivity index is 1.69. The van der Waals surface area contributed by atoms with Crippen molar-refractivity contribution in [1.29, 1.82) is 0 Å². The van der Waals surface area contributed by atoms with Crippen LogP contribution < -0.4 is 0 Å². The number of hydrogen-bond donors (Lipinski definition) is 0. The maximum absolute atomic E-state index is 12.0. The molecule has 1 heterocycles. The van der Waals surface area contributed by atoms with Gasteiger partial charge in [-0.1, -0.05) is 19.3 Å². The lowest BCUT2D eigenvalue weighted by atomic mass is 9.99. The summed E-state index contributed by atoms with van der Waals surface area (Å²) in [7, 11) is 2.05. The van der Waals surface area contributed by atoms with Gasteiger partial charge in [0.1, 0.15) is 6.10 Å². The normalized spacial score (nSPS) is 26.1. The molecular weight excluding hydrogens is 258 g/mol. The predicted molar refractivity (Wildman–Crippen MR) is 80.6 cm³/mol. The van der Waals surface area contributed by atoms with E-state index < -0.39 is 0 Å². The van der Waals surface area contributed by atoms with Gasteiger partial charge in [-0.3, -0.25) is 9.69 Å². The van der Waals surface area contributed by atoms with Gasteiger partial charge in [-0.15, -0.1) is 0 Å². The van der Waals surface area contributed by atoms with Crippen LogP contribution in [0.4, 0.5) is 0 Å². The summed E-state index contributed by atoms with van der Waals surface area (Å²) in [4.78, 5) is 14.2. The number of thioether (sulfide) groups is 1. The Morgan fingerprint density at radius 2 is 1.84 bits per heavy atom. The SMILES string of the molecule is CN(CC(=O)OC1CCCCCCC1)C1CCSC1. The lowest BCUT2D eigenvalue weighted by Crippen LogP contribution is -2.37. The molecule has 3 nitrogen and oxygen atoms in total. The first-order valence-corrected chi connectivity index (χ1v) is 8.88. The molecular formula is C15H27NO2S. The number of carbonyl (C=O) groups is 1. The Morgan fingerprint density at radius 1 is 1.16 bits per heavy atom. The second-order valence-corrected chi connectivity index (χ2v) is 7.04. The molecule has 0 N–H and O–H groups in total. The fourth-order valence-electron chi connectivity index (χ4n) is 2.96. The Hall–Kier alpha value is -0.220. The summed E-state index contributed by atoms with van der Waals surface area (Å²) in [5.74, 6) is 2.37. The third-order valence-electron chi connectivity index (χ3n) is 4.26. The summed E-state index contributed by atoms with van der Waals surface area (Å²) >= 11 is 1.98. The molecule has 1 atom stereocenters. The van der Waals surface area contributed by atoms with Gasteiger partial charge in [-0.05, 0) is 44.9 Å². The minimum absolute atomic E-state index is 0.0232. The van der Waals surface area contributed by atoms with Gasteiger partial charge >= 0.3 is 5.97 Å². The smallest absolute Gasteiger partial charge is 0.320 e. The number of rotatable bonds is 4. The van der Waals surface area contributed by atoms with E-state index in [1.165, 1.54) is 44.3 Å². The highest BCUT2D eigenvalue weighted by molar-refractivity contribution is 7.99. The van der Waals surface area contributed by atoms with E-state index in [2.05, 4.69) is 11.9 Å². The second-order valence-electron chi connectivity index (χ2n) is 5.89. The summed E-state index contributed by atoms with van der Waals surface area (Å²) in [5.41, 5.74) is 0. The van der Waals surface area contributed by atoms with Crippen molar-refractivity contribution < 1.29 is 9.53 Å². The molecule has 1 unspecified atom stereocenters. The number of carbonyl (C=O) groups excluding carboxylic acids is 1. The van der Waals surface area contributed by atoms with Crippen molar-refractivity contribution >= 4 is 17.7 Å². The van der Waals surface area contributed by atoms with Crippen LogP contribution in [0, 0.1) is 0 Å². The molecule has 0 radical (unpaired) electrons. The summed E-state index contributed by atoms with van der Waals surface area (Å²) < 4.78 is 5.67. The number of ether oxygens (including phenoxy) is 1. The van der Waals surface area contributed by atoms with Gasteiger partial charge in [0, 0.05) is 11.8 Å². The third-order valence-corrected chi connectivity index (χ3v) is 5.40. The van der Waals surface area contributed by atoms with Gasteiger partial charge < -0.3 is 4.74 Å². The van der Waals surface area contributed by atoms with Crippen LogP contribution in [0.3, 0.4) is 0 Å². The van der Waals surface area contributed by atoms with E-state index in [1.54, 1.807) is 0 Å². The van der Waals surface area contributed by atoms with Crippen LogP contribution in [-0.4, -0.2) is 48.1 Å².